The van der Waals surface area contributed by atoms with Crippen molar-refractivity contribution < 1.29 is 18.0 Å². The van der Waals surface area contributed by atoms with Crippen LogP contribution in [-0.4, -0.2) is 40.9 Å². The van der Waals surface area contributed by atoms with E-state index >= 15 is 0 Å². The summed E-state index contributed by atoms with van der Waals surface area (Å²) in [5.41, 5.74) is 0.793. The number of hydrogen-bond acceptors (Lipinski definition) is 2. The largest absolute Gasteiger partial charge is 0.334 e. The highest BCUT2D eigenvalue weighted by molar-refractivity contribution is 5.92. The van der Waals surface area contributed by atoms with Crippen molar-refractivity contribution in [1.29, 1.82) is 0 Å². The molecule has 2 unspecified atom stereocenters. The molecule has 2 aromatic rings. The Labute approximate surface area is 175 Å². The molecule has 1 aliphatic rings. The van der Waals surface area contributed by atoms with E-state index in [9.17, 15) is 18.0 Å². The Kier molecular flexibility index (Phi) is 7.88. The highest BCUT2D eigenvalue weighted by Crippen LogP contribution is 2.20. The molecule has 3 rings (SSSR count). The summed E-state index contributed by atoms with van der Waals surface area (Å²) >= 11 is 0. The predicted molar refractivity (Wildman–Crippen MR) is 110 cm³/mol. The molecule has 2 aromatic carbocycles. The van der Waals surface area contributed by atoms with Crippen LogP contribution in [0.4, 0.5) is 13.2 Å². The maximum Gasteiger partial charge on any atom is 0.246 e. The van der Waals surface area contributed by atoms with E-state index in [2.05, 4.69) is 4.90 Å². The molecule has 29 heavy (non-hydrogen) atoms. The lowest BCUT2D eigenvalue weighted by Gasteiger charge is -2.44. The second kappa shape index (κ2) is 9.94. The fraction of sp³-hybridized carbons (Fsp3) is 0.318. The summed E-state index contributed by atoms with van der Waals surface area (Å²) < 4.78 is 40.5. The van der Waals surface area contributed by atoms with Gasteiger partial charge in [-0.25, -0.2) is 13.2 Å². The highest BCUT2D eigenvalue weighted by Gasteiger charge is 2.31. The first-order valence-corrected chi connectivity index (χ1v) is 9.26. The zero-order chi connectivity index (χ0) is 20.3. The third kappa shape index (κ3) is 5.61. The van der Waals surface area contributed by atoms with Gasteiger partial charge < -0.3 is 4.90 Å². The van der Waals surface area contributed by atoms with Gasteiger partial charge in [0.2, 0.25) is 5.91 Å². The van der Waals surface area contributed by atoms with E-state index in [0.29, 0.717) is 19.6 Å². The van der Waals surface area contributed by atoms with Gasteiger partial charge in [-0.3, -0.25) is 9.69 Å². The zero-order valence-corrected chi connectivity index (χ0v) is 17.1. The second-order valence-corrected chi connectivity index (χ2v) is 7.21. The van der Waals surface area contributed by atoms with Gasteiger partial charge in [-0.1, -0.05) is 18.2 Å². The Morgan fingerprint density at radius 2 is 1.62 bits per heavy atom. The van der Waals surface area contributed by atoms with Crippen molar-refractivity contribution in [1.82, 2.24) is 9.80 Å². The molecular weight excluding hydrogens is 401 g/mol. The molecule has 0 radical (unpaired) electrons. The van der Waals surface area contributed by atoms with Gasteiger partial charge in [-0.2, -0.15) is 0 Å². The van der Waals surface area contributed by atoms with Gasteiger partial charge in [-0.15, -0.1) is 12.4 Å². The molecule has 1 aliphatic heterocycles. The van der Waals surface area contributed by atoms with Crippen molar-refractivity contribution in [2.24, 2.45) is 0 Å². The Hall–Kier alpha value is -2.31. The van der Waals surface area contributed by atoms with Crippen molar-refractivity contribution in [3.05, 3.63) is 77.1 Å². The third-order valence-corrected chi connectivity index (χ3v) is 5.09. The van der Waals surface area contributed by atoms with E-state index in [1.54, 1.807) is 17.0 Å². The van der Waals surface area contributed by atoms with Gasteiger partial charge in [-0.05, 0) is 49.8 Å². The minimum absolute atomic E-state index is 0. The van der Waals surface area contributed by atoms with Gasteiger partial charge in [0.1, 0.15) is 17.5 Å². The first-order valence-electron chi connectivity index (χ1n) is 9.26. The van der Waals surface area contributed by atoms with Crippen molar-refractivity contribution in [2.75, 3.05) is 13.1 Å². The number of halogens is 4. The molecule has 2 atom stereocenters. The number of nitrogens with zero attached hydrogens (tertiary/aromatic N) is 2. The summed E-state index contributed by atoms with van der Waals surface area (Å²) in [6.07, 6.45) is 2.41. The van der Waals surface area contributed by atoms with E-state index < -0.39 is 11.6 Å². The number of piperazine rings is 1. The fourth-order valence-electron chi connectivity index (χ4n) is 3.47. The summed E-state index contributed by atoms with van der Waals surface area (Å²) in [5, 5.41) is 0. The average Bonchev–Trinajstić information content (AvgIpc) is 2.65. The number of hydrogen-bond donors (Lipinski definition) is 0. The van der Waals surface area contributed by atoms with Crippen LogP contribution in [0.2, 0.25) is 0 Å². The van der Waals surface area contributed by atoms with E-state index in [1.165, 1.54) is 30.4 Å². The molecule has 1 heterocycles. The molecule has 7 heteroatoms. The first kappa shape index (κ1) is 23.0. The molecule has 156 valence electrons. The molecule has 3 nitrogen and oxygen atoms in total. The van der Waals surface area contributed by atoms with Crippen molar-refractivity contribution in [3.8, 4) is 0 Å². The summed E-state index contributed by atoms with van der Waals surface area (Å²) in [5.74, 6) is -1.94. The lowest BCUT2D eigenvalue weighted by atomic mass is 10.1. The predicted octanol–water partition coefficient (Wildman–Crippen LogP) is 4.66. The van der Waals surface area contributed by atoms with Crippen LogP contribution < -0.4 is 0 Å². The third-order valence-electron chi connectivity index (χ3n) is 5.09. The molecule has 0 aliphatic carbocycles. The Morgan fingerprint density at radius 1 is 1.00 bits per heavy atom. The highest BCUT2D eigenvalue weighted by atomic mass is 35.5. The number of carbonyl (C=O) groups excluding carboxylic acids is 1. The standard InChI is InChI=1S/C22H23F3N2O.ClH/c1-15-13-27(22(28)11-10-19-20(24)4-3-5-21(19)25)16(2)12-26(15)14-17-6-8-18(23)9-7-17;/h3-11,15-16H,12-14H2,1-2H3;1H/b11-10+;. The zero-order valence-electron chi connectivity index (χ0n) is 16.3. The van der Waals surface area contributed by atoms with Crippen LogP contribution in [0.5, 0.6) is 0 Å². The summed E-state index contributed by atoms with van der Waals surface area (Å²) in [6, 6.07) is 10.0. The van der Waals surface area contributed by atoms with Gasteiger partial charge >= 0.3 is 0 Å². The van der Waals surface area contributed by atoms with Crippen molar-refractivity contribution >= 4 is 24.4 Å². The minimum atomic E-state index is -0.699. The van der Waals surface area contributed by atoms with Crippen LogP contribution in [0.1, 0.15) is 25.0 Å². The summed E-state index contributed by atoms with van der Waals surface area (Å²) in [4.78, 5) is 16.5. The number of benzene rings is 2. The quantitative estimate of drug-likeness (QED) is 0.666. The van der Waals surface area contributed by atoms with Crippen LogP contribution in [0.25, 0.3) is 6.08 Å². The number of amides is 1. The maximum atomic E-state index is 13.7. The number of carbonyl (C=O) groups is 1. The molecule has 0 bridgehead atoms. The molecular formula is C22H24ClF3N2O. The van der Waals surface area contributed by atoms with E-state index in [0.717, 1.165) is 17.7 Å². The normalized spacial score (nSPS) is 20.0. The molecule has 0 saturated carbocycles. The topological polar surface area (TPSA) is 23.6 Å². The number of rotatable bonds is 4. The summed E-state index contributed by atoms with van der Waals surface area (Å²) in [6.45, 7) is 5.80. The molecule has 0 aromatic heterocycles. The van der Waals surface area contributed by atoms with E-state index in [4.69, 9.17) is 0 Å². The Balaban J connectivity index is 0.00000300. The van der Waals surface area contributed by atoms with Crippen LogP contribution >= 0.6 is 12.4 Å². The second-order valence-electron chi connectivity index (χ2n) is 7.21. The molecule has 0 spiro atoms. The smallest absolute Gasteiger partial charge is 0.246 e. The Bertz CT molecular complexity index is 853. The SMILES string of the molecule is CC1CN(C(=O)/C=C/c2c(F)cccc2F)C(C)CN1Cc1ccc(F)cc1.Cl. The van der Waals surface area contributed by atoms with Crippen LogP contribution in [0.15, 0.2) is 48.5 Å². The van der Waals surface area contributed by atoms with Crippen LogP contribution in [0, 0.1) is 17.5 Å². The molecule has 1 amide bonds. The van der Waals surface area contributed by atoms with Crippen LogP contribution in [-0.2, 0) is 11.3 Å². The van der Waals surface area contributed by atoms with Gasteiger partial charge in [0, 0.05) is 43.4 Å². The fourth-order valence-corrected chi connectivity index (χ4v) is 3.47. The van der Waals surface area contributed by atoms with Crippen molar-refractivity contribution in [2.45, 2.75) is 32.5 Å². The van der Waals surface area contributed by atoms with Gasteiger partial charge in [0.05, 0.1) is 0 Å². The van der Waals surface area contributed by atoms with Gasteiger partial charge in [0.25, 0.3) is 0 Å². The maximum absolute atomic E-state index is 13.7. The van der Waals surface area contributed by atoms with E-state index in [-0.39, 0.29) is 41.8 Å². The molecule has 0 N–H and O–H groups in total. The monoisotopic (exact) mass is 424 g/mol. The first-order chi connectivity index (χ1) is 13.3. The minimum Gasteiger partial charge on any atom is -0.334 e. The van der Waals surface area contributed by atoms with Gasteiger partial charge in [0.15, 0.2) is 0 Å². The lowest BCUT2D eigenvalue weighted by Crippen LogP contribution is -2.57. The average molecular weight is 425 g/mol. The van der Waals surface area contributed by atoms with Crippen LogP contribution in [0.3, 0.4) is 0 Å². The lowest BCUT2D eigenvalue weighted by molar-refractivity contribution is -0.131. The molecule has 1 fully saturated rings. The Morgan fingerprint density at radius 3 is 2.24 bits per heavy atom. The van der Waals surface area contributed by atoms with E-state index in [1.807, 2.05) is 13.8 Å². The van der Waals surface area contributed by atoms with Crippen molar-refractivity contribution in [3.63, 3.8) is 0 Å². The summed E-state index contributed by atoms with van der Waals surface area (Å²) in [7, 11) is 0. The molecule has 1 saturated heterocycles.